The number of carbonyl (C=O) groups is 1. The molecule has 0 N–H and O–H groups in total. The maximum atomic E-state index is 14.2. The predicted molar refractivity (Wildman–Crippen MR) is 92.1 cm³/mol. The van der Waals surface area contributed by atoms with Gasteiger partial charge in [-0.3, -0.25) is 4.79 Å². The molecule has 8 heteroatoms. The number of carbonyl (C=O) groups excluding carboxylic acids is 1. The Kier molecular flexibility index (Phi) is 3.45. The first-order valence-electron chi connectivity index (χ1n) is 8.55. The smallest absolute Gasteiger partial charge is 0.261 e. The Morgan fingerprint density at radius 3 is 2.81 bits per heavy atom. The highest BCUT2D eigenvalue weighted by Crippen LogP contribution is 2.48. The highest BCUT2D eigenvalue weighted by Gasteiger charge is 2.63. The number of anilines is 1. The minimum Gasteiger partial charge on any atom is -0.349 e. The number of aromatic nitrogens is 2. The normalized spacial score (nSPS) is 26.3. The second kappa shape index (κ2) is 5.62. The lowest BCUT2D eigenvalue weighted by molar-refractivity contribution is -0.140. The Hall–Kier alpha value is -2.25. The van der Waals surface area contributed by atoms with Gasteiger partial charge in [-0.05, 0) is 18.9 Å². The van der Waals surface area contributed by atoms with Crippen molar-refractivity contribution in [2.24, 2.45) is 0 Å². The van der Waals surface area contributed by atoms with Gasteiger partial charge < -0.3 is 14.5 Å². The van der Waals surface area contributed by atoms with E-state index < -0.39 is 5.60 Å². The van der Waals surface area contributed by atoms with Gasteiger partial charge in [0.2, 0.25) is 0 Å². The molecule has 3 fully saturated rings. The molecule has 1 aromatic carbocycles. The van der Waals surface area contributed by atoms with Crippen molar-refractivity contribution in [2.75, 3.05) is 18.0 Å². The van der Waals surface area contributed by atoms with Crippen molar-refractivity contribution in [2.45, 2.75) is 30.7 Å². The van der Waals surface area contributed by atoms with Crippen LogP contribution >= 0.6 is 11.6 Å². The maximum absolute atomic E-state index is 14.2. The zero-order valence-corrected chi connectivity index (χ0v) is 14.6. The molecule has 1 aromatic heterocycles. The Morgan fingerprint density at radius 2 is 2.04 bits per heavy atom. The van der Waals surface area contributed by atoms with Crippen LogP contribution in [0, 0.1) is 5.82 Å². The third-order valence-electron chi connectivity index (χ3n) is 5.42. The average molecular weight is 375 g/mol. The minimum absolute atomic E-state index is 0.0651. The average Bonchev–Trinajstić information content (AvgIpc) is 3.12. The third-order valence-corrected chi connectivity index (χ3v) is 5.63. The number of rotatable bonds is 2. The Balaban J connectivity index is 1.38. The fourth-order valence-electron chi connectivity index (χ4n) is 4.20. The number of halogens is 2. The molecule has 1 amide bonds. The van der Waals surface area contributed by atoms with Crippen LogP contribution in [0.5, 0.6) is 0 Å². The zero-order valence-electron chi connectivity index (χ0n) is 13.8. The molecule has 4 heterocycles. The summed E-state index contributed by atoms with van der Waals surface area (Å²) in [5, 5.41) is 0.356. The van der Waals surface area contributed by atoms with Gasteiger partial charge in [-0.25, -0.2) is 14.4 Å². The second-order valence-electron chi connectivity index (χ2n) is 6.95. The van der Waals surface area contributed by atoms with Gasteiger partial charge in [-0.15, -0.1) is 0 Å². The van der Waals surface area contributed by atoms with Crippen molar-refractivity contribution in [3.63, 3.8) is 0 Å². The van der Waals surface area contributed by atoms with E-state index in [4.69, 9.17) is 16.3 Å². The standard InChI is InChI=1S/C18H16ClFN4O2/c19-14-7-15(22-10-21-14)23-8-18(9-23)17(25)24-13(5-6-16(24)26-18)11-3-1-2-4-12(11)20/h1-4,7,10,13,16H,5-6,8-9H2. The van der Waals surface area contributed by atoms with E-state index in [1.54, 1.807) is 29.2 Å². The van der Waals surface area contributed by atoms with E-state index in [0.29, 0.717) is 42.5 Å². The highest BCUT2D eigenvalue weighted by atomic mass is 35.5. The number of amides is 1. The van der Waals surface area contributed by atoms with E-state index in [1.165, 1.54) is 12.4 Å². The van der Waals surface area contributed by atoms with Crippen LogP contribution in [0.25, 0.3) is 0 Å². The molecule has 0 aliphatic carbocycles. The van der Waals surface area contributed by atoms with E-state index in [0.717, 1.165) is 0 Å². The molecule has 5 rings (SSSR count). The van der Waals surface area contributed by atoms with Crippen molar-refractivity contribution in [3.05, 3.63) is 53.2 Å². The molecule has 2 atom stereocenters. The summed E-state index contributed by atoms with van der Waals surface area (Å²) in [5.41, 5.74) is -0.311. The lowest BCUT2D eigenvalue weighted by atomic mass is 9.92. The van der Waals surface area contributed by atoms with Gasteiger partial charge in [0.1, 0.15) is 29.3 Å². The number of fused-ring (bicyclic) bond motifs is 1. The van der Waals surface area contributed by atoms with E-state index in [1.807, 2.05) is 4.90 Å². The van der Waals surface area contributed by atoms with Crippen LogP contribution in [0.4, 0.5) is 10.2 Å². The number of hydrogen-bond donors (Lipinski definition) is 0. The fourth-order valence-corrected chi connectivity index (χ4v) is 4.34. The molecule has 0 bridgehead atoms. The van der Waals surface area contributed by atoms with Gasteiger partial charge in [0.05, 0.1) is 19.1 Å². The number of ether oxygens (including phenoxy) is 1. The summed E-state index contributed by atoms with van der Waals surface area (Å²) in [5.74, 6) is 0.326. The number of benzene rings is 1. The fraction of sp³-hybridized carbons (Fsp3) is 0.389. The molecule has 3 aliphatic heterocycles. The first-order valence-corrected chi connectivity index (χ1v) is 8.93. The van der Waals surface area contributed by atoms with Crippen molar-refractivity contribution in [3.8, 4) is 0 Å². The van der Waals surface area contributed by atoms with Crippen LogP contribution < -0.4 is 4.90 Å². The Bertz CT molecular complexity index is 889. The zero-order chi connectivity index (χ0) is 17.9. The van der Waals surface area contributed by atoms with Crippen LogP contribution in [-0.2, 0) is 9.53 Å². The maximum Gasteiger partial charge on any atom is 0.261 e. The van der Waals surface area contributed by atoms with Crippen molar-refractivity contribution >= 4 is 23.3 Å². The summed E-state index contributed by atoms with van der Waals surface area (Å²) in [6.07, 6.45) is 2.53. The predicted octanol–water partition coefficient (Wildman–Crippen LogP) is 2.55. The Morgan fingerprint density at radius 1 is 1.23 bits per heavy atom. The van der Waals surface area contributed by atoms with Gasteiger partial charge in [0.15, 0.2) is 5.60 Å². The van der Waals surface area contributed by atoms with Gasteiger partial charge in [0.25, 0.3) is 5.91 Å². The summed E-state index contributed by atoms with van der Waals surface area (Å²) in [4.78, 5) is 24.8. The lowest BCUT2D eigenvalue weighted by Gasteiger charge is -2.46. The Labute approximate surface area is 154 Å². The summed E-state index contributed by atoms with van der Waals surface area (Å²) in [6, 6.07) is 8.03. The molecule has 3 saturated heterocycles. The van der Waals surface area contributed by atoms with Gasteiger partial charge in [-0.2, -0.15) is 0 Å². The topological polar surface area (TPSA) is 58.6 Å². The molecular formula is C18H16ClFN4O2. The summed E-state index contributed by atoms with van der Waals surface area (Å²) in [6.45, 7) is 0.826. The van der Waals surface area contributed by atoms with Gasteiger partial charge in [0, 0.05) is 11.6 Å². The molecule has 0 saturated carbocycles. The van der Waals surface area contributed by atoms with Crippen molar-refractivity contribution in [1.29, 1.82) is 0 Å². The minimum atomic E-state index is -0.869. The first kappa shape index (κ1) is 16.0. The van der Waals surface area contributed by atoms with E-state index in [-0.39, 0.29) is 24.0 Å². The molecule has 1 spiro atoms. The van der Waals surface area contributed by atoms with Gasteiger partial charge >= 0.3 is 0 Å². The third kappa shape index (κ3) is 2.23. The largest absolute Gasteiger partial charge is 0.349 e. The number of nitrogens with zero attached hydrogens (tertiary/aromatic N) is 4. The first-order chi connectivity index (χ1) is 12.6. The summed E-state index contributed by atoms with van der Waals surface area (Å²) < 4.78 is 20.4. The summed E-state index contributed by atoms with van der Waals surface area (Å²) in [7, 11) is 0. The molecule has 2 aromatic rings. The quantitative estimate of drug-likeness (QED) is 0.756. The van der Waals surface area contributed by atoms with Crippen LogP contribution in [-0.4, -0.2) is 45.7 Å². The van der Waals surface area contributed by atoms with Gasteiger partial charge in [-0.1, -0.05) is 29.8 Å². The van der Waals surface area contributed by atoms with Crippen LogP contribution in [0.1, 0.15) is 24.4 Å². The monoisotopic (exact) mass is 374 g/mol. The van der Waals surface area contributed by atoms with Crippen LogP contribution in [0.2, 0.25) is 5.15 Å². The van der Waals surface area contributed by atoms with Crippen LogP contribution in [0.15, 0.2) is 36.7 Å². The molecule has 6 nitrogen and oxygen atoms in total. The summed E-state index contributed by atoms with van der Waals surface area (Å²) >= 11 is 5.91. The van der Waals surface area contributed by atoms with Crippen LogP contribution in [0.3, 0.4) is 0 Å². The molecule has 2 unspecified atom stereocenters. The molecular weight excluding hydrogens is 359 g/mol. The molecule has 26 heavy (non-hydrogen) atoms. The molecule has 0 radical (unpaired) electrons. The molecule has 134 valence electrons. The number of hydrogen-bond acceptors (Lipinski definition) is 5. The van der Waals surface area contributed by atoms with Crippen molar-refractivity contribution < 1.29 is 13.9 Å². The lowest BCUT2D eigenvalue weighted by Crippen LogP contribution is -2.67. The van der Waals surface area contributed by atoms with E-state index >= 15 is 0 Å². The SMILES string of the molecule is O=C1N2C(CCC2c2ccccc2F)OC12CN(c1cc(Cl)ncn1)C2. The molecule has 3 aliphatic rings. The van der Waals surface area contributed by atoms with Crippen molar-refractivity contribution in [1.82, 2.24) is 14.9 Å². The van der Waals surface area contributed by atoms with E-state index in [2.05, 4.69) is 9.97 Å². The van der Waals surface area contributed by atoms with E-state index in [9.17, 15) is 9.18 Å². The second-order valence-corrected chi connectivity index (χ2v) is 7.34. The highest BCUT2D eigenvalue weighted by molar-refractivity contribution is 6.29.